The average Bonchev–Trinajstić information content (AvgIpc) is 3.05. The van der Waals surface area contributed by atoms with Crippen LogP contribution < -0.4 is 10.0 Å². The summed E-state index contributed by atoms with van der Waals surface area (Å²) in [4.78, 5) is 11.6. The molecule has 140 valence electrons. The van der Waals surface area contributed by atoms with Gasteiger partial charge < -0.3 is 9.73 Å². The first-order valence-electron chi connectivity index (χ1n) is 8.86. The molecule has 0 spiro atoms. The van der Waals surface area contributed by atoms with Crippen LogP contribution in [0.1, 0.15) is 12.0 Å². The minimum atomic E-state index is -3.76. The molecular weight excluding hydrogens is 376 g/mol. The Morgan fingerprint density at radius 3 is 2.61 bits per heavy atom. The SMILES string of the molecule is O=C1CCc2cc(S(=O)(=O)Nc3ccc4oc5ccccc5c4c3)ccc2N1. The van der Waals surface area contributed by atoms with E-state index in [1.54, 1.807) is 30.3 Å². The van der Waals surface area contributed by atoms with Gasteiger partial charge in [-0.2, -0.15) is 0 Å². The zero-order valence-electron chi connectivity index (χ0n) is 14.7. The lowest BCUT2D eigenvalue weighted by Gasteiger charge is -2.17. The first-order chi connectivity index (χ1) is 13.5. The Morgan fingerprint density at radius 1 is 0.893 bits per heavy atom. The minimum absolute atomic E-state index is 0.0538. The van der Waals surface area contributed by atoms with E-state index in [0.29, 0.717) is 29.8 Å². The van der Waals surface area contributed by atoms with Crippen molar-refractivity contribution in [2.75, 3.05) is 10.0 Å². The fourth-order valence-corrected chi connectivity index (χ4v) is 4.63. The number of carbonyl (C=O) groups excluding carboxylic acids is 1. The van der Waals surface area contributed by atoms with Crippen molar-refractivity contribution in [3.05, 3.63) is 66.2 Å². The number of hydrogen-bond acceptors (Lipinski definition) is 4. The number of hydrogen-bond donors (Lipinski definition) is 2. The molecule has 6 nitrogen and oxygen atoms in total. The van der Waals surface area contributed by atoms with Crippen LogP contribution in [0, 0.1) is 0 Å². The lowest BCUT2D eigenvalue weighted by Crippen LogP contribution is -2.20. The molecule has 28 heavy (non-hydrogen) atoms. The zero-order chi connectivity index (χ0) is 19.3. The topological polar surface area (TPSA) is 88.4 Å². The predicted octanol–water partition coefficient (Wildman–Crippen LogP) is 4.27. The second kappa shape index (κ2) is 6.10. The molecule has 0 unspecified atom stereocenters. The fraction of sp³-hybridized carbons (Fsp3) is 0.0952. The van der Waals surface area contributed by atoms with Gasteiger partial charge in [0, 0.05) is 28.6 Å². The van der Waals surface area contributed by atoms with Gasteiger partial charge in [-0.15, -0.1) is 0 Å². The van der Waals surface area contributed by atoms with Crippen LogP contribution in [0.3, 0.4) is 0 Å². The highest BCUT2D eigenvalue weighted by Crippen LogP contribution is 2.32. The number of para-hydroxylation sites is 1. The third kappa shape index (κ3) is 2.80. The second-order valence-corrected chi connectivity index (χ2v) is 8.46. The summed E-state index contributed by atoms with van der Waals surface area (Å²) in [5.41, 5.74) is 3.41. The van der Waals surface area contributed by atoms with Crippen molar-refractivity contribution in [3.63, 3.8) is 0 Å². The predicted molar refractivity (Wildman–Crippen MR) is 108 cm³/mol. The fourth-order valence-electron chi connectivity index (χ4n) is 3.53. The number of aryl methyl sites for hydroxylation is 1. The highest BCUT2D eigenvalue weighted by molar-refractivity contribution is 7.92. The lowest BCUT2D eigenvalue weighted by atomic mass is 10.0. The summed E-state index contributed by atoms with van der Waals surface area (Å²) >= 11 is 0. The van der Waals surface area contributed by atoms with Gasteiger partial charge in [-0.05, 0) is 54.4 Å². The summed E-state index contributed by atoms with van der Waals surface area (Å²) < 4.78 is 34.2. The number of nitrogens with one attached hydrogen (secondary N) is 2. The van der Waals surface area contributed by atoms with Crippen LogP contribution in [0.2, 0.25) is 0 Å². The molecule has 2 N–H and O–H groups in total. The van der Waals surface area contributed by atoms with E-state index in [1.165, 1.54) is 6.07 Å². The molecule has 0 atom stereocenters. The average molecular weight is 392 g/mol. The van der Waals surface area contributed by atoms with Crippen LogP contribution in [-0.4, -0.2) is 14.3 Å². The molecule has 5 rings (SSSR count). The van der Waals surface area contributed by atoms with Crippen LogP contribution >= 0.6 is 0 Å². The van der Waals surface area contributed by atoms with Gasteiger partial charge >= 0.3 is 0 Å². The summed E-state index contributed by atoms with van der Waals surface area (Å²) in [6, 6.07) is 17.6. The molecule has 3 aromatic carbocycles. The molecule has 4 aromatic rings. The smallest absolute Gasteiger partial charge is 0.261 e. The van der Waals surface area contributed by atoms with Gasteiger partial charge in [0.2, 0.25) is 5.91 Å². The van der Waals surface area contributed by atoms with E-state index in [9.17, 15) is 13.2 Å². The Balaban J connectivity index is 1.51. The van der Waals surface area contributed by atoms with Gasteiger partial charge in [-0.1, -0.05) is 18.2 Å². The number of rotatable bonds is 3. The minimum Gasteiger partial charge on any atom is -0.456 e. The zero-order valence-corrected chi connectivity index (χ0v) is 15.5. The van der Waals surface area contributed by atoms with E-state index in [-0.39, 0.29) is 10.8 Å². The third-order valence-corrected chi connectivity index (χ3v) is 6.29. The Kier molecular flexibility index (Phi) is 3.67. The highest BCUT2D eigenvalue weighted by atomic mass is 32.2. The van der Waals surface area contributed by atoms with Gasteiger partial charge in [0.25, 0.3) is 10.0 Å². The third-order valence-electron chi connectivity index (χ3n) is 4.91. The van der Waals surface area contributed by atoms with Crippen LogP contribution in [0.5, 0.6) is 0 Å². The van der Waals surface area contributed by atoms with Gasteiger partial charge in [0.1, 0.15) is 11.2 Å². The molecule has 0 bridgehead atoms. The Morgan fingerprint density at radius 2 is 1.71 bits per heavy atom. The molecule has 1 aromatic heterocycles. The van der Waals surface area contributed by atoms with Gasteiger partial charge in [-0.25, -0.2) is 8.42 Å². The maximum Gasteiger partial charge on any atom is 0.261 e. The number of amides is 1. The van der Waals surface area contributed by atoms with Crippen LogP contribution in [-0.2, 0) is 21.2 Å². The molecule has 0 saturated carbocycles. The number of carbonyl (C=O) groups is 1. The summed E-state index contributed by atoms with van der Waals surface area (Å²) in [5.74, 6) is -0.0538. The molecule has 0 aliphatic carbocycles. The molecular formula is C21H16N2O4S. The maximum atomic E-state index is 12.9. The molecule has 0 saturated heterocycles. The Hall–Kier alpha value is -3.32. The first kappa shape index (κ1) is 16.8. The van der Waals surface area contributed by atoms with Gasteiger partial charge in [0.05, 0.1) is 4.90 Å². The monoisotopic (exact) mass is 392 g/mol. The Labute approximate surface area is 161 Å². The second-order valence-electron chi connectivity index (χ2n) is 6.78. The Bertz CT molecular complexity index is 1360. The summed E-state index contributed by atoms with van der Waals surface area (Å²) in [6.07, 6.45) is 0.881. The quantitative estimate of drug-likeness (QED) is 0.545. The van der Waals surface area contributed by atoms with Crippen molar-refractivity contribution in [2.45, 2.75) is 17.7 Å². The standard InChI is InChI=1S/C21H16N2O4S/c24-21-10-5-13-11-15(7-8-18(13)22-21)28(25,26)23-14-6-9-20-17(12-14)16-3-1-2-4-19(16)27-20/h1-4,6-9,11-12,23H,5,10H2,(H,22,24). The van der Waals surface area contributed by atoms with Crippen molar-refractivity contribution in [2.24, 2.45) is 0 Å². The molecule has 1 aliphatic rings. The molecule has 1 aliphatic heterocycles. The van der Waals surface area contributed by atoms with E-state index in [4.69, 9.17) is 4.42 Å². The molecule has 2 heterocycles. The summed E-state index contributed by atoms with van der Waals surface area (Å²) in [6.45, 7) is 0. The van der Waals surface area contributed by atoms with E-state index in [1.807, 2.05) is 24.3 Å². The van der Waals surface area contributed by atoms with Crippen LogP contribution in [0.15, 0.2) is 70.0 Å². The van der Waals surface area contributed by atoms with Crippen LogP contribution in [0.25, 0.3) is 21.9 Å². The van der Waals surface area contributed by atoms with Crippen molar-refractivity contribution in [1.82, 2.24) is 0 Å². The highest BCUT2D eigenvalue weighted by Gasteiger charge is 2.20. The largest absolute Gasteiger partial charge is 0.456 e. The van der Waals surface area contributed by atoms with Gasteiger partial charge in [-0.3, -0.25) is 9.52 Å². The van der Waals surface area contributed by atoms with Crippen molar-refractivity contribution < 1.29 is 17.6 Å². The van der Waals surface area contributed by atoms with E-state index in [0.717, 1.165) is 21.9 Å². The van der Waals surface area contributed by atoms with E-state index in [2.05, 4.69) is 10.0 Å². The molecule has 7 heteroatoms. The molecule has 0 radical (unpaired) electrons. The molecule has 0 fully saturated rings. The number of fused-ring (bicyclic) bond motifs is 4. The van der Waals surface area contributed by atoms with Crippen molar-refractivity contribution in [1.29, 1.82) is 0 Å². The number of benzene rings is 3. The number of sulfonamides is 1. The molecule has 1 amide bonds. The van der Waals surface area contributed by atoms with E-state index < -0.39 is 10.0 Å². The van der Waals surface area contributed by atoms with E-state index >= 15 is 0 Å². The van der Waals surface area contributed by atoms with Crippen LogP contribution in [0.4, 0.5) is 11.4 Å². The van der Waals surface area contributed by atoms with Crippen molar-refractivity contribution in [3.8, 4) is 0 Å². The van der Waals surface area contributed by atoms with Crippen molar-refractivity contribution >= 4 is 49.2 Å². The number of furan rings is 1. The lowest BCUT2D eigenvalue weighted by molar-refractivity contribution is -0.116. The summed E-state index contributed by atoms with van der Waals surface area (Å²) in [5, 5.41) is 4.54. The normalized spacial score (nSPS) is 14.1. The van der Waals surface area contributed by atoms with Gasteiger partial charge in [0.15, 0.2) is 0 Å². The summed E-state index contributed by atoms with van der Waals surface area (Å²) in [7, 11) is -3.76. The first-order valence-corrected chi connectivity index (χ1v) is 10.3. The maximum absolute atomic E-state index is 12.9. The number of anilines is 2.